The fourth-order valence-corrected chi connectivity index (χ4v) is 3.64. The van der Waals surface area contributed by atoms with Crippen LogP contribution in [0.3, 0.4) is 0 Å². The number of anilines is 1. The molecular formula is C23H24N4O2. The van der Waals surface area contributed by atoms with Gasteiger partial charge in [-0.25, -0.2) is 9.97 Å². The molecule has 29 heavy (non-hydrogen) atoms. The molecule has 1 aliphatic rings. The molecule has 2 heterocycles. The van der Waals surface area contributed by atoms with Crippen molar-refractivity contribution in [2.45, 2.75) is 38.8 Å². The van der Waals surface area contributed by atoms with Gasteiger partial charge in [-0.05, 0) is 50.6 Å². The number of hydrogen-bond acceptors (Lipinski definition) is 5. The van der Waals surface area contributed by atoms with Crippen LogP contribution in [-0.2, 0) is 0 Å². The standard InChI is InChI=1S/C23H24N4O2/c1-14-7-8-17-18(13-23(2,3)29-19(17)11-14)26-22(28)16-6-4-5-15(12-16)21-25-10-9-20(24)27-21/h4-12,18H,13H2,1-3H3,(H,26,28)(H2,24,25,27)/t18-/m1/s1. The number of rotatable bonds is 3. The van der Waals surface area contributed by atoms with Crippen LogP contribution in [0.25, 0.3) is 11.4 Å². The number of amides is 1. The molecule has 0 saturated carbocycles. The SMILES string of the molecule is Cc1ccc2c(c1)OC(C)(C)C[C@H]2NC(=O)c1cccc(-c2nccc(N)n2)c1. The minimum atomic E-state index is -0.365. The van der Waals surface area contributed by atoms with Gasteiger partial charge < -0.3 is 15.8 Å². The molecule has 0 fully saturated rings. The predicted octanol–water partition coefficient (Wildman–Crippen LogP) is 4.07. The summed E-state index contributed by atoms with van der Waals surface area (Å²) in [6.45, 7) is 6.10. The highest BCUT2D eigenvalue weighted by molar-refractivity contribution is 5.95. The Hall–Kier alpha value is -3.41. The molecular weight excluding hydrogens is 364 g/mol. The van der Waals surface area contributed by atoms with Crippen LogP contribution in [0.4, 0.5) is 5.82 Å². The number of nitrogens with zero attached hydrogens (tertiary/aromatic N) is 2. The van der Waals surface area contributed by atoms with Crippen LogP contribution in [0.5, 0.6) is 5.75 Å². The fourth-order valence-electron chi connectivity index (χ4n) is 3.64. The minimum absolute atomic E-state index is 0.130. The molecule has 6 nitrogen and oxygen atoms in total. The summed E-state index contributed by atoms with van der Waals surface area (Å²) in [5.41, 5.74) is 8.81. The summed E-state index contributed by atoms with van der Waals surface area (Å²) in [5.74, 6) is 1.56. The summed E-state index contributed by atoms with van der Waals surface area (Å²) in [7, 11) is 0. The maximum atomic E-state index is 13.0. The lowest BCUT2D eigenvalue weighted by Crippen LogP contribution is -2.41. The van der Waals surface area contributed by atoms with E-state index in [0.29, 0.717) is 23.6 Å². The first kappa shape index (κ1) is 18.9. The fraction of sp³-hybridized carbons (Fsp3) is 0.261. The maximum absolute atomic E-state index is 13.0. The highest BCUT2D eigenvalue weighted by Crippen LogP contribution is 2.40. The van der Waals surface area contributed by atoms with Crippen molar-refractivity contribution in [3.05, 3.63) is 71.4 Å². The largest absolute Gasteiger partial charge is 0.487 e. The van der Waals surface area contributed by atoms with Crippen LogP contribution < -0.4 is 15.8 Å². The number of fused-ring (bicyclic) bond motifs is 1. The van der Waals surface area contributed by atoms with Gasteiger partial charge in [-0.2, -0.15) is 0 Å². The third-order valence-corrected chi connectivity index (χ3v) is 4.99. The highest BCUT2D eigenvalue weighted by Gasteiger charge is 2.34. The van der Waals surface area contributed by atoms with Crippen molar-refractivity contribution in [1.82, 2.24) is 15.3 Å². The number of nitrogens with two attached hydrogens (primary N) is 1. The minimum Gasteiger partial charge on any atom is -0.487 e. The van der Waals surface area contributed by atoms with Crippen LogP contribution in [0.15, 0.2) is 54.7 Å². The zero-order valence-corrected chi connectivity index (χ0v) is 16.8. The Morgan fingerprint density at radius 2 is 2.03 bits per heavy atom. The average Bonchev–Trinajstić information content (AvgIpc) is 2.67. The Bertz CT molecular complexity index is 1080. The molecule has 1 aromatic heterocycles. The Balaban J connectivity index is 1.61. The number of nitrogen functional groups attached to an aromatic ring is 1. The maximum Gasteiger partial charge on any atom is 0.251 e. The number of carbonyl (C=O) groups is 1. The summed E-state index contributed by atoms with van der Waals surface area (Å²) in [4.78, 5) is 21.5. The Kier molecular flexibility index (Phi) is 4.70. The molecule has 2 aromatic carbocycles. The van der Waals surface area contributed by atoms with E-state index >= 15 is 0 Å². The number of aromatic nitrogens is 2. The molecule has 6 heteroatoms. The second-order valence-electron chi connectivity index (χ2n) is 8.02. The number of nitrogens with one attached hydrogen (secondary N) is 1. The monoisotopic (exact) mass is 388 g/mol. The molecule has 0 saturated heterocycles. The van der Waals surface area contributed by atoms with Crippen molar-refractivity contribution in [3.63, 3.8) is 0 Å². The first-order valence-electron chi connectivity index (χ1n) is 9.60. The molecule has 1 amide bonds. The molecule has 1 atom stereocenters. The van der Waals surface area contributed by atoms with Crippen LogP contribution in [-0.4, -0.2) is 21.5 Å². The van der Waals surface area contributed by atoms with Crippen LogP contribution in [0.1, 0.15) is 47.8 Å². The van der Waals surface area contributed by atoms with Crippen LogP contribution >= 0.6 is 0 Å². The van der Waals surface area contributed by atoms with Gasteiger partial charge in [-0.1, -0.05) is 24.3 Å². The van der Waals surface area contributed by atoms with E-state index in [1.165, 1.54) is 0 Å². The Morgan fingerprint density at radius 3 is 2.83 bits per heavy atom. The molecule has 0 radical (unpaired) electrons. The van der Waals surface area contributed by atoms with Crippen molar-refractivity contribution >= 4 is 11.7 Å². The lowest BCUT2D eigenvalue weighted by atomic mass is 9.89. The number of carbonyl (C=O) groups excluding carboxylic acids is 1. The van der Waals surface area contributed by atoms with Gasteiger partial charge in [0, 0.05) is 29.3 Å². The van der Waals surface area contributed by atoms with Crippen molar-refractivity contribution in [1.29, 1.82) is 0 Å². The third kappa shape index (κ3) is 4.06. The summed E-state index contributed by atoms with van der Waals surface area (Å²) in [6, 6.07) is 14.8. The van der Waals surface area contributed by atoms with Crippen molar-refractivity contribution in [3.8, 4) is 17.1 Å². The molecule has 3 N–H and O–H groups in total. The van der Waals surface area contributed by atoms with E-state index in [-0.39, 0.29) is 17.6 Å². The van der Waals surface area contributed by atoms with Crippen LogP contribution in [0.2, 0.25) is 0 Å². The highest BCUT2D eigenvalue weighted by atomic mass is 16.5. The molecule has 148 valence electrons. The normalized spacial score (nSPS) is 17.1. The van der Waals surface area contributed by atoms with E-state index in [9.17, 15) is 4.79 Å². The number of benzene rings is 2. The average molecular weight is 388 g/mol. The van der Waals surface area contributed by atoms with Gasteiger partial charge in [-0.3, -0.25) is 4.79 Å². The van der Waals surface area contributed by atoms with Gasteiger partial charge in [0.25, 0.3) is 5.91 Å². The zero-order valence-electron chi connectivity index (χ0n) is 16.8. The molecule has 0 unspecified atom stereocenters. The smallest absolute Gasteiger partial charge is 0.251 e. The lowest BCUT2D eigenvalue weighted by Gasteiger charge is -2.38. The number of aryl methyl sites for hydroxylation is 1. The van der Waals surface area contributed by atoms with Gasteiger partial charge in [0.1, 0.15) is 17.2 Å². The Morgan fingerprint density at radius 1 is 1.21 bits per heavy atom. The van der Waals surface area contributed by atoms with Crippen molar-refractivity contribution in [2.24, 2.45) is 0 Å². The van der Waals surface area contributed by atoms with E-state index in [1.807, 2.05) is 51.1 Å². The van der Waals surface area contributed by atoms with Crippen LogP contribution in [0, 0.1) is 6.92 Å². The lowest BCUT2D eigenvalue weighted by molar-refractivity contribution is 0.0619. The molecule has 0 bridgehead atoms. The van der Waals surface area contributed by atoms with Gasteiger partial charge in [0.05, 0.1) is 6.04 Å². The van der Waals surface area contributed by atoms with Gasteiger partial charge >= 0.3 is 0 Å². The van der Waals surface area contributed by atoms with Gasteiger partial charge in [0.15, 0.2) is 5.82 Å². The molecule has 3 aromatic rings. The third-order valence-electron chi connectivity index (χ3n) is 4.99. The topological polar surface area (TPSA) is 90.1 Å². The molecule has 0 spiro atoms. The first-order valence-corrected chi connectivity index (χ1v) is 9.60. The summed E-state index contributed by atoms with van der Waals surface area (Å²) in [6.07, 6.45) is 2.29. The molecule has 0 aliphatic carbocycles. The van der Waals surface area contributed by atoms with E-state index < -0.39 is 0 Å². The molecule has 4 rings (SSSR count). The number of hydrogen-bond donors (Lipinski definition) is 2. The number of ether oxygens (including phenoxy) is 1. The second kappa shape index (κ2) is 7.20. The zero-order chi connectivity index (χ0) is 20.6. The first-order chi connectivity index (χ1) is 13.8. The summed E-state index contributed by atoms with van der Waals surface area (Å²) >= 11 is 0. The quantitative estimate of drug-likeness (QED) is 0.706. The van der Waals surface area contributed by atoms with E-state index in [2.05, 4.69) is 15.3 Å². The predicted molar refractivity (Wildman–Crippen MR) is 113 cm³/mol. The van der Waals surface area contributed by atoms with E-state index in [0.717, 1.165) is 22.4 Å². The Labute approximate surface area is 170 Å². The summed E-state index contributed by atoms with van der Waals surface area (Å²) < 4.78 is 6.13. The summed E-state index contributed by atoms with van der Waals surface area (Å²) in [5, 5.41) is 3.17. The second-order valence-corrected chi connectivity index (χ2v) is 8.02. The van der Waals surface area contributed by atoms with Crippen molar-refractivity contribution in [2.75, 3.05) is 5.73 Å². The van der Waals surface area contributed by atoms with Crippen molar-refractivity contribution < 1.29 is 9.53 Å². The van der Waals surface area contributed by atoms with Gasteiger partial charge in [0.2, 0.25) is 0 Å². The van der Waals surface area contributed by atoms with E-state index in [4.69, 9.17) is 10.5 Å². The van der Waals surface area contributed by atoms with Gasteiger partial charge in [-0.15, -0.1) is 0 Å². The van der Waals surface area contributed by atoms with E-state index in [1.54, 1.807) is 24.4 Å². The molecule has 1 aliphatic heterocycles.